The summed E-state index contributed by atoms with van der Waals surface area (Å²) >= 11 is 2.03. The topological polar surface area (TPSA) is 39.7 Å². The highest BCUT2D eigenvalue weighted by molar-refractivity contribution is 7.99. The summed E-state index contributed by atoms with van der Waals surface area (Å²) in [6.45, 7) is 0.821. The standard InChI is InChI=1S/C15H23NO3S/c1-17-13-7-11(8-14(18-2)15(13)19-3)9-16-12-5-4-6-20-10-12/h7-8,12,16H,4-6,9-10H2,1-3H3. The van der Waals surface area contributed by atoms with Crippen molar-refractivity contribution in [2.24, 2.45) is 0 Å². The molecule has 1 heterocycles. The Balaban J connectivity index is 2.06. The largest absolute Gasteiger partial charge is 0.493 e. The Kier molecular flexibility index (Phi) is 5.86. The Bertz CT molecular complexity index is 408. The summed E-state index contributed by atoms with van der Waals surface area (Å²) in [6.07, 6.45) is 2.56. The van der Waals surface area contributed by atoms with E-state index in [1.54, 1.807) is 21.3 Å². The van der Waals surface area contributed by atoms with Crippen molar-refractivity contribution in [1.29, 1.82) is 0 Å². The second-order valence-corrected chi connectivity index (χ2v) is 5.98. The lowest BCUT2D eigenvalue weighted by Crippen LogP contribution is -2.33. The molecule has 1 fully saturated rings. The summed E-state index contributed by atoms with van der Waals surface area (Å²) in [5, 5.41) is 3.61. The predicted molar refractivity (Wildman–Crippen MR) is 83.3 cm³/mol. The van der Waals surface area contributed by atoms with Gasteiger partial charge < -0.3 is 19.5 Å². The Morgan fingerprint density at radius 1 is 1.15 bits per heavy atom. The van der Waals surface area contributed by atoms with Gasteiger partial charge in [0.2, 0.25) is 5.75 Å². The first-order valence-electron chi connectivity index (χ1n) is 6.88. The van der Waals surface area contributed by atoms with Crippen LogP contribution in [0.1, 0.15) is 18.4 Å². The fourth-order valence-electron chi connectivity index (χ4n) is 2.40. The van der Waals surface area contributed by atoms with Crippen molar-refractivity contribution in [3.8, 4) is 17.2 Å². The van der Waals surface area contributed by atoms with Crippen LogP contribution in [0, 0.1) is 0 Å². The number of thioether (sulfide) groups is 1. The summed E-state index contributed by atoms with van der Waals surface area (Å²) < 4.78 is 16.1. The van der Waals surface area contributed by atoms with Gasteiger partial charge in [-0.1, -0.05) is 0 Å². The molecule has 1 aliphatic heterocycles. The van der Waals surface area contributed by atoms with Gasteiger partial charge in [0, 0.05) is 18.3 Å². The quantitative estimate of drug-likeness (QED) is 0.874. The van der Waals surface area contributed by atoms with Crippen molar-refractivity contribution in [1.82, 2.24) is 5.32 Å². The zero-order valence-electron chi connectivity index (χ0n) is 12.4. The van der Waals surface area contributed by atoms with E-state index in [1.165, 1.54) is 24.3 Å². The van der Waals surface area contributed by atoms with Crippen LogP contribution in [0.2, 0.25) is 0 Å². The molecule has 1 aromatic carbocycles. The van der Waals surface area contributed by atoms with Crippen molar-refractivity contribution < 1.29 is 14.2 Å². The van der Waals surface area contributed by atoms with Crippen molar-refractivity contribution >= 4 is 11.8 Å². The monoisotopic (exact) mass is 297 g/mol. The van der Waals surface area contributed by atoms with Crippen LogP contribution in [0.3, 0.4) is 0 Å². The highest BCUT2D eigenvalue weighted by atomic mass is 32.2. The van der Waals surface area contributed by atoms with E-state index in [9.17, 15) is 0 Å². The van der Waals surface area contributed by atoms with Gasteiger partial charge in [0.05, 0.1) is 21.3 Å². The van der Waals surface area contributed by atoms with Crippen molar-refractivity contribution in [3.05, 3.63) is 17.7 Å². The Morgan fingerprint density at radius 3 is 2.35 bits per heavy atom. The number of methoxy groups -OCH3 is 3. The first kappa shape index (κ1) is 15.3. The fraction of sp³-hybridized carbons (Fsp3) is 0.600. The van der Waals surface area contributed by atoms with Gasteiger partial charge >= 0.3 is 0 Å². The molecule has 1 aromatic rings. The zero-order valence-corrected chi connectivity index (χ0v) is 13.2. The number of benzene rings is 1. The van der Waals surface area contributed by atoms with Gasteiger partial charge in [-0.05, 0) is 36.3 Å². The maximum atomic E-state index is 5.37. The second-order valence-electron chi connectivity index (χ2n) is 4.83. The van der Waals surface area contributed by atoms with Gasteiger partial charge in [-0.3, -0.25) is 0 Å². The molecular weight excluding hydrogens is 274 g/mol. The summed E-state index contributed by atoms with van der Waals surface area (Å²) in [5.74, 6) is 4.56. The SMILES string of the molecule is COc1cc(CNC2CCCSC2)cc(OC)c1OC. The Hall–Kier alpha value is -1.07. The molecule has 4 nitrogen and oxygen atoms in total. The molecule has 1 saturated heterocycles. The van der Waals surface area contributed by atoms with Gasteiger partial charge in [-0.25, -0.2) is 0 Å². The molecule has 0 amide bonds. The third kappa shape index (κ3) is 3.73. The number of hydrogen-bond acceptors (Lipinski definition) is 5. The molecule has 0 aromatic heterocycles. The van der Waals surface area contributed by atoms with Crippen LogP contribution in [-0.4, -0.2) is 38.9 Å². The minimum absolute atomic E-state index is 0.604. The van der Waals surface area contributed by atoms with E-state index in [4.69, 9.17) is 14.2 Å². The molecule has 1 N–H and O–H groups in total. The van der Waals surface area contributed by atoms with Crippen LogP contribution in [0.5, 0.6) is 17.2 Å². The third-order valence-corrected chi connectivity index (χ3v) is 4.70. The predicted octanol–water partition coefficient (Wildman–Crippen LogP) is 2.70. The molecule has 1 unspecified atom stereocenters. The van der Waals surface area contributed by atoms with Crippen LogP contribution in [0.25, 0.3) is 0 Å². The molecule has 0 saturated carbocycles. The molecule has 2 rings (SSSR count). The maximum absolute atomic E-state index is 5.37. The van der Waals surface area contributed by atoms with Gasteiger partial charge in [0.1, 0.15) is 0 Å². The highest BCUT2D eigenvalue weighted by Crippen LogP contribution is 2.38. The molecule has 20 heavy (non-hydrogen) atoms. The minimum Gasteiger partial charge on any atom is -0.493 e. The molecule has 0 aliphatic carbocycles. The average molecular weight is 297 g/mol. The van der Waals surface area contributed by atoms with E-state index < -0.39 is 0 Å². The maximum Gasteiger partial charge on any atom is 0.203 e. The molecule has 0 spiro atoms. The zero-order chi connectivity index (χ0) is 14.4. The van der Waals surface area contributed by atoms with Crippen molar-refractivity contribution in [3.63, 3.8) is 0 Å². The molecular formula is C15H23NO3S. The van der Waals surface area contributed by atoms with Gasteiger partial charge in [-0.2, -0.15) is 11.8 Å². The molecule has 5 heteroatoms. The van der Waals surface area contributed by atoms with Crippen LogP contribution in [-0.2, 0) is 6.54 Å². The number of ether oxygens (including phenoxy) is 3. The first-order valence-corrected chi connectivity index (χ1v) is 8.04. The van der Waals surface area contributed by atoms with Gasteiger partial charge in [0.25, 0.3) is 0 Å². The fourth-order valence-corrected chi connectivity index (χ4v) is 3.51. The van der Waals surface area contributed by atoms with E-state index >= 15 is 0 Å². The minimum atomic E-state index is 0.604. The van der Waals surface area contributed by atoms with E-state index in [-0.39, 0.29) is 0 Å². The molecule has 1 aliphatic rings. The highest BCUT2D eigenvalue weighted by Gasteiger charge is 2.15. The van der Waals surface area contributed by atoms with Crippen molar-refractivity contribution in [2.75, 3.05) is 32.8 Å². The summed E-state index contributed by atoms with van der Waals surface area (Å²) in [7, 11) is 4.91. The Labute approximate surface area is 125 Å². The average Bonchev–Trinajstić information content (AvgIpc) is 2.52. The normalized spacial score (nSPS) is 18.6. The van der Waals surface area contributed by atoms with Crippen LogP contribution < -0.4 is 19.5 Å². The van der Waals surface area contributed by atoms with E-state index in [2.05, 4.69) is 5.32 Å². The lowest BCUT2D eigenvalue weighted by Gasteiger charge is -2.23. The van der Waals surface area contributed by atoms with E-state index in [0.29, 0.717) is 23.3 Å². The third-order valence-electron chi connectivity index (χ3n) is 3.48. The number of hydrogen-bond donors (Lipinski definition) is 1. The summed E-state index contributed by atoms with van der Waals surface area (Å²) in [5.41, 5.74) is 1.15. The molecule has 1 atom stereocenters. The van der Waals surface area contributed by atoms with Crippen LogP contribution >= 0.6 is 11.8 Å². The lowest BCUT2D eigenvalue weighted by atomic mass is 10.1. The van der Waals surface area contributed by atoms with E-state index in [0.717, 1.165) is 12.1 Å². The molecule has 112 valence electrons. The van der Waals surface area contributed by atoms with Gasteiger partial charge in [0.15, 0.2) is 11.5 Å². The Morgan fingerprint density at radius 2 is 1.85 bits per heavy atom. The van der Waals surface area contributed by atoms with Crippen molar-refractivity contribution in [2.45, 2.75) is 25.4 Å². The number of nitrogens with one attached hydrogen (secondary N) is 1. The smallest absolute Gasteiger partial charge is 0.203 e. The molecule has 0 radical (unpaired) electrons. The molecule has 0 bridgehead atoms. The second kappa shape index (κ2) is 7.64. The first-order chi connectivity index (χ1) is 9.78. The van der Waals surface area contributed by atoms with Gasteiger partial charge in [-0.15, -0.1) is 0 Å². The van der Waals surface area contributed by atoms with Crippen LogP contribution in [0.4, 0.5) is 0 Å². The van der Waals surface area contributed by atoms with Crippen LogP contribution in [0.15, 0.2) is 12.1 Å². The summed E-state index contributed by atoms with van der Waals surface area (Å²) in [4.78, 5) is 0. The lowest BCUT2D eigenvalue weighted by molar-refractivity contribution is 0.323. The summed E-state index contributed by atoms with van der Waals surface area (Å²) in [6, 6.07) is 4.61. The number of rotatable bonds is 6. The van der Waals surface area contributed by atoms with E-state index in [1.807, 2.05) is 23.9 Å².